The van der Waals surface area contributed by atoms with E-state index in [1.165, 1.54) is 6.42 Å². The van der Waals surface area contributed by atoms with Gasteiger partial charge in [-0.2, -0.15) is 5.10 Å². The molecule has 1 aromatic heterocycles. The molecule has 0 atom stereocenters. The van der Waals surface area contributed by atoms with Gasteiger partial charge in [0.05, 0.1) is 30.0 Å². The summed E-state index contributed by atoms with van der Waals surface area (Å²) >= 11 is 0. The van der Waals surface area contributed by atoms with Crippen LogP contribution in [0.1, 0.15) is 43.4 Å². The van der Waals surface area contributed by atoms with Crippen molar-refractivity contribution in [1.29, 1.82) is 0 Å². The van der Waals surface area contributed by atoms with Gasteiger partial charge in [-0.1, -0.05) is 19.3 Å². The highest BCUT2D eigenvalue weighted by Gasteiger charge is 2.34. The Kier molecular flexibility index (Phi) is 4.67. The summed E-state index contributed by atoms with van der Waals surface area (Å²) in [6, 6.07) is 7.30. The van der Waals surface area contributed by atoms with Gasteiger partial charge in [-0.15, -0.1) is 0 Å². The highest BCUT2D eigenvalue weighted by Crippen LogP contribution is 2.34. The van der Waals surface area contributed by atoms with Crippen LogP contribution in [0, 0.1) is 5.92 Å². The predicted octanol–water partition coefficient (Wildman–Crippen LogP) is 2.83. The molecular formula is C19H23N3O4S. The maximum Gasteiger partial charge on any atom is 0.228 e. The molecule has 2 aromatic rings. The third-order valence-corrected chi connectivity index (χ3v) is 6.76. The molecule has 144 valence electrons. The summed E-state index contributed by atoms with van der Waals surface area (Å²) in [5.74, 6) is 0.958. The normalized spacial score (nSPS) is 18.9. The van der Waals surface area contributed by atoms with Crippen molar-refractivity contribution in [3.8, 4) is 11.4 Å². The minimum absolute atomic E-state index is 0.0216. The topological polar surface area (TPSA) is 90.3 Å². The number of nitrogens with zero attached hydrogens (tertiary/aromatic N) is 2. The Balaban J connectivity index is 1.70. The predicted molar refractivity (Wildman–Crippen MR) is 102 cm³/mol. The third kappa shape index (κ3) is 3.58. The second kappa shape index (κ2) is 6.99. The Bertz CT molecular complexity index is 958. The summed E-state index contributed by atoms with van der Waals surface area (Å²) in [6.45, 7) is 0. The van der Waals surface area contributed by atoms with Crippen LogP contribution in [-0.4, -0.2) is 31.2 Å². The minimum atomic E-state index is -3.20. The first-order valence-electron chi connectivity index (χ1n) is 9.23. The molecule has 4 rings (SSSR count). The fraction of sp³-hybridized carbons (Fsp3) is 0.474. The highest BCUT2D eigenvalue weighted by atomic mass is 32.2. The molecule has 1 N–H and O–H groups in total. The number of amides is 1. The number of ether oxygens (including phenoxy) is 1. The summed E-state index contributed by atoms with van der Waals surface area (Å²) in [5, 5.41) is 7.48. The second-order valence-electron chi connectivity index (χ2n) is 7.24. The Hall–Kier alpha value is -2.35. The van der Waals surface area contributed by atoms with Crippen molar-refractivity contribution in [3.05, 3.63) is 35.5 Å². The second-order valence-corrected chi connectivity index (χ2v) is 9.30. The lowest BCUT2D eigenvalue weighted by molar-refractivity contribution is -0.120. The molecule has 0 saturated heterocycles. The summed E-state index contributed by atoms with van der Waals surface area (Å²) in [4.78, 5) is 12.8. The largest absolute Gasteiger partial charge is 0.497 e. The maximum atomic E-state index is 12.8. The van der Waals surface area contributed by atoms with E-state index in [4.69, 9.17) is 4.74 Å². The number of carbonyl (C=O) groups excluding carboxylic acids is 1. The fourth-order valence-corrected chi connectivity index (χ4v) is 5.36. The van der Waals surface area contributed by atoms with Crippen molar-refractivity contribution in [3.63, 3.8) is 0 Å². The van der Waals surface area contributed by atoms with Gasteiger partial charge in [0.15, 0.2) is 9.84 Å². The van der Waals surface area contributed by atoms with E-state index in [0.29, 0.717) is 22.8 Å². The molecule has 0 unspecified atom stereocenters. The zero-order valence-electron chi connectivity index (χ0n) is 15.3. The Morgan fingerprint density at radius 1 is 1.15 bits per heavy atom. The van der Waals surface area contributed by atoms with E-state index in [1.54, 1.807) is 11.8 Å². The van der Waals surface area contributed by atoms with Gasteiger partial charge in [0.25, 0.3) is 0 Å². The zero-order chi connectivity index (χ0) is 19.0. The van der Waals surface area contributed by atoms with E-state index < -0.39 is 9.84 Å². The standard InChI is InChI=1S/C19H23N3O4S/c1-26-15-9-7-14(8-10-15)22-18(16-11-27(24,25)12-17(16)21-22)20-19(23)13-5-3-2-4-6-13/h7-10,13H,2-6,11-12H2,1H3,(H,20,23). The van der Waals surface area contributed by atoms with Gasteiger partial charge in [0.2, 0.25) is 5.91 Å². The van der Waals surface area contributed by atoms with E-state index in [9.17, 15) is 13.2 Å². The lowest BCUT2D eigenvalue weighted by Crippen LogP contribution is -2.26. The number of methoxy groups -OCH3 is 1. The van der Waals surface area contributed by atoms with Crippen molar-refractivity contribution in [2.75, 3.05) is 12.4 Å². The first-order valence-corrected chi connectivity index (χ1v) is 11.1. The van der Waals surface area contributed by atoms with Crippen molar-refractivity contribution >= 4 is 21.6 Å². The van der Waals surface area contributed by atoms with Crippen LogP contribution in [0.5, 0.6) is 5.75 Å². The molecule has 1 aliphatic heterocycles. The Morgan fingerprint density at radius 2 is 1.85 bits per heavy atom. The maximum absolute atomic E-state index is 12.8. The number of nitrogens with one attached hydrogen (secondary N) is 1. The monoisotopic (exact) mass is 389 g/mol. The number of hydrogen-bond acceptors (Lipinski definition) is 5. The summed E-state index contributed by atoms with van der Waals surface area (Å²) < 4.78 is 30.9. The smallest absolute Gasteiger partial charge is 0.228 e. The molecule has 1 aromatic carbocycles. The van der Waals surface area contributed by atoms with E-state index in [-0.39, 0.29) is 23.3 Å². The van der Waals surface area contributed by atoms with Gasteiger partial charge < -0.3 is 10.1 Å². The van der Waals surface area contributed by atoms with Crippen LogP contribution in [0.4, 0.5) is 5.82 Å². The molecule has 8 heteroatoms. The molecule has 0 spiro atoms. The number of carbonyl (C=O) groups is 1. The molecule has 1 aliphatic carbocycles. The molecule has 2 aliphatic rings. The lowest BCUT2D eigenvalue weighted by Gasteiger charge is -2.21. The van der Waals surface area contributed by atoms with Crippen LogP contribution in [-0.2, 0) is 26.1 Å². The molecule has 1 saturated carbocycles. The van der Waals surface area contributed by atoms with Gasteiger partial charge in [-0.25, -0.2) is 13.1 Å². The number of benzene rings is 1. The van der Waals surface area contributed by atoms with E-state index in [0.717, 1.165) is 31.4 Å². The highest BCUT2D eigenvalue weighted by molar-refractivity contribution is 7.90. The van der Waals surface area contributed by atoms with Gasteiger partial charge in [-0.05, 0) is 37.1 Å². The number of aromatic nitrogens is 2. The quantitative estimate of drug-likeness (QED) is 0.868. The first kappa shape index (κ1) is 18.0. The number of fused-ring (bicyclic) bond motifs is 1. The van der Waals surface area contributed by atoms with Crippen LogP contribution < -0.4 is 10.1 Å². The van der Waals surface area contributed by atoms with Crippen molar-refractivity contribution < 1.29 is 17.9 Å². The minimum Gasteiger partial charge on any atom is -0.497 e. The van der Waals surface area contributed by atoms with Crippen LogP contribution in [0.2, 0.25) is 0 Å². The molecule has 0 bridgehead atoms. The Labute approximate surface area is 158 Å². The number of rotatable bonds is 4. The zero-order valence-corrected chi connectivity index (χ0v) is 16.1. The van der Waals surface area contributed by atoms with Crippen molar-refractivity contribution in [1.82, 2.24) is 9.78 Å². The van der Waals surface area contributed by atoms with Crippen LogP contribution in [0.15, 0.2) is 24.3 Å². The molecule has 1 fully saturated rings. The average molecular weight is 389 g/mol. The molecule has 1 amide bonds. The van der Waals surface area contributed by atoms with Gasteiger partial charge >= 0.3 is 0 Å². The van der Waals surface area contributed by atoms with Gasteiger partial charge in [-0.3, -0.25) is 4.79 Å². The van der Waals surface area contributed by atoms with E-state index in [2.05, 4.69) is 10.4 Å². The van der Waals surface area contributed by atoms with Crippen molar-refractivity contribution in [2.45, 2.75) is 43.6 Å². The van der Waals surface area contributed by atoms with Crippen LogP contribution in [0.25, 0.3) is 5.69 Å². The van der Waals surface area contributed by atoms with Crippen molar-refractivity contribution in [2.24, 2.45) is 5.92 Å². The van der Waals surface area contributed by atoms with E-state index >= 15 is 0 Å². The molecule has 0 radical (unpaired) electrons. The molecular weight excluding hydrogens is 366 g/mol. The SMILES string of the molecule is COc1ccc(-n2nc3c(c2NC(=O)C2CCCCC2)CS(=O)(=O)C3)cc1. The summed E-state index contributed by atoms with van der Waals surface area (Å²) in [5.41, 5.74) is 1.88. The number of hydrogen-bond donors (Lipinski definition) is 1. The fourth-order valence-electron chi connectivity index (χ4n) is 3.86. The molecule has 2 heterocycles. The average Bonchev–Trinajstić information content (AvgIpc) is 3.15. The van der Waals surface area contributed by atoms with Gasteiger partial charge in [0, 0.05) is 11.5 Å². The third-order valence-electron chi connectivity index (χ3n) is 5.32. The van der Waals surface area contributed by atoms with E-state index in [1.807, 2.05) is 24.3 Å². The lowest BCUT2D eigenvalue weighted by atomic mass is 9.88. The van der Waals surface area contributed by atoms with Crippen LogP contribution >= 0.6 is 0 Å². The van der Waals surface area contributed by atoms with Gasteiger partial charge in [0.1, 0.15) is 11.6 Å². The molecule has 27 heavy (non-hydrogen) atoms. The Morgan fingerprint density at radius 3 is 2.52 bits per heavy atom. The van der Waals surface area contributed by atoms with Crippen LogP contribution in [0.3, 0.4) is 0 Å². The summed E-state index contributed by atoms with van der Waals surface area (Å²) in [6.07, 6.45) is 5.04. The number of anilines is 1. The first-order chi connectivity index (χ1) is 13.0. The summed E-state index contributed by atoms with van der Waals surface area (Å²) in [7, 11) is -1.61. The molecule has 7 nitrogen and oxygen atoms in total. The number of sulfone groups is 1.